The Morgan fingerprint density at radius 2 is 2.03 bits per heavy atom. The first-order chi connectivity index (χ1) is 14.2. The lowest BCUT2D eigenvalue weighted by Crippen LogP contribution is -2.42. The summed E-state index contributed by atoms with van der Waals surface area (Å²) in [5.41, 5.74) is 3.52. The van der Waals surface area contributed by atoms with Crippen LogP contribution in [0.4, 0.5) is 0 Å². The third-order valence-corrected chi connectivity index (χ3v) is 5.57. The minimum absolute atomic E-state index is 0.106. The number of carbonyl (C=O) groups excluding carboxylic acids is 1. The Balaban J connectivity index is 1.51. The number of rotatable bonds is 4. The van der Waals surface area contributed by atoms with Crippen molar-refractivity contribution in [3.8, 4) is 11.5 Å². The standard InChI is InChI=1S/C23H23N3O3/c1-28-17-10-16(14-26-8-6-24-7-9-26)23-19(12-17)22(27)21(29-23)11-15-13-25-20-5-3-2-4-18(15)20/h2-5,10-13,24-25H,6-9,14H2,1H3/b21-11-. The summed E-state index contributed by atoms with van der Waals surface area (Å²) in [6.07, 6.45) is 3.72. The van der Waals surface area contributed by atoms with Crippen molar-refractivity contribution in [2.24, 2.45) is 0 Å². The number of ether oxygens (including phenoxy) is 2. The molecule has 29 heavy (non-hydrogen) atoms. The molecule has 6 heteroatoms. The topological polar surface area (TPSA) is 66.6 Å². The average Bonchev–Trinajstić information content (AvgIpc) is 3.31. The van der Waals surface area contributed by atoms with Crippen molar-refractivity contribution >= 4 is 22.8 Å². The number of methoxy groups -OCH3 is 1. The van der Waals surface area contributed by atoms with E-state index in [0.29, 0.717) is 22.8 Å². The maximum absolute atomic E-state index is 13.1. The summed E-state index contributed by atoms with van der Waals surface area (Å²) < 4.78 is 11.6. The summed E-state index contributed by atoms with van der Waals surface area (Å²) in [5.74, 6) is 1.57. The molecule has 148 valence electrons. The van der Waals surface area contributed by atoms with Crippen LogP contribution < -0.4 is 14.8 Å². The predicted molar refractivity (Wildman–Crippen MR) is 112 cm³/mol. The lowest BCUT2D eigenvalue weighted by Gasteiger charge is -2.27. The largest absolute Gasteiger partial charge is 0.497 e. The number of nitrogens with zero attached hydrogens (tertiary/aromatic N) is 1. The zero-order chi connectivity index (χ0) is 19.8. The Morgan fingerprint density at radius 1 is 1.21 bits per heavy atom. The molecular formula is C23H23N3O3. The second-order valence-electron chi connectivity index (χ2n) is 7.42. The summed E-state index contributed by atoms with van der Waals surface area (Å²) in [4.78, 5) is 18.7. The van der Waals surface area contributed by atoms with Gasteiger partial charge < -0.3 is 19.8 Å². The van der Waals surface area contributed by atoms with Crippen LogP contribution in [-0.4, -0.2) is 49.0 Å². The average molecular weight is 389 g/mol. The van der Waals surface area contributed by atoms with Crippen LogP contribution >= 0.6 is 0 Å². The monoisotopic (exact) mass is 389 g/mol. The predicted octanol–water partition coefficient (Wildman–Crippen LogP) is 3.20. The number of Topliss-reactive ketones (excluding diaryl/α,β-unsaturated/α-hetero) is 1. The Bertz CT molecular complexity index is 1110. The van der Waals surface area contributed by atoms with Gasteiger partial charge in [0.15, 0.2) is 5.76 Å². The van der Waals surface area contributed by atoms with Crippen LogP contribution in [0.5, 0.6) is 11.5 Å². The first-order valence-corrected chi connectivity index (χ1v) is 9.87. The van der Waals surface area contributed by atoms with E-state index in [2.05, 4.69) is 15.2 Å². The van der Waals surface area contributed by atoms with Crippen LogP contribution in [0, 0.1) is 0 Å². The van der Waals surface area contributed by atoms with Crippen molar-refractivity contribution in [1.29, 1.82) is 0 Å². The Kier molecular flexibility index (Phi) is 4.58. The van der Waals surface area contributed by atoms with Crippen molar-refractivity contribution in [2.75, 3.05) is 33.3 Å². The van der Waals surface area contributed by atoms with E-state index >= 15 is 0 Å². The number of hydrogen-bond donors (Lipinski definition) is 2. The molecule has 1 fully saturated rings. The Morgan fingerprint density at radius 3 is 2.86 bits per heavy atom. The summed E-state index contributed by atoms with van der Waals surface area (Å²) >= 11 is 0. The fourth-order valence-electron chi connectivity index (χ4n) is 4.03. The van der Waals surface area contributed by atoms with Crippen LogP contribution in [-0.2, 0) is 6.54 Å². The molecule has 0 amide bonds. The number of benzene rings is 2. The van der Waals surface area contributed by atoms with E-state index in [9.17, 15) is 4.79 Å². The minimum Gasteiger partial charge on any atom is -0.497 e. The highest BCUT2D eigenvalue weighted by molar-refractivity contribution is 6.15. The Hall–Kier alpha value is -3.09. The highest BCUT2D eigenvalue weighted by atomic mass is 16.5. The number of aromatic amines is 1. The van der Waals surface area contributed by atoms with Crippen LogP contribution in [0.25, 0.3) is 17.0 Å². The molecular weight excluding hydrogens is 366 g/mol. The molecule has 0 atom stereocenters. The number of H-pyrrole nitrogens is 1. The molecule has 0 unspecified atom stereocenters. The van der Waals surface area contributed by atoms with Crippen molar-refractivity contribution in [3.05, 3.63) is 65.0 Å². The molecule has 6 nitrogen and oxygen atoms in total. The van der Waals surface area contributed by atoms with E-state index in [0.717, 1.165) is 54.8 Å². The fraction of sp³-hybridized carbons (Fsp3) is 0.261. The van der Waals surface area contributed by atoms with Crippen LogP contribution in [0.15, 0.2) is 48.4 Å². The van der Waals surface area contributed by atoms with Crippen LogP contribution in [0.3, 0.4) is 0 Å². The second kappa shape index (κ2) is 7.39. The number of hydrogen-bond acceptors (Lipinski definition) is 5. The molecule has 2 aromatic carbocycles. The molecule has 0 bridgehead atoms. The first kappa shape index (κ1) is 18.0. The summed E-state index contributed by atoms with van der Waals surface area (Å²) in [7, 11) is 1.62. The van der Waals surface area contributed by atoms with E-state index in [1.54, 1.807) is 13.2 Å². The molecule has 3 heterocycles. The van der Waals surface area contributed by atoms with Gasteiger partial charge in [0, 0.05) is 61.0 Å². The molecule has 1 aromatic heterocycles. The number of piperazine rings is 1. The molecule has 3 aromatic rings. The zero-order valence-corrected chi connectivity index (χ0v) is 16.3. The van der Waals surface area contributed by atoms with Gasteiger partial charge in [0.2, 0.25) is 5.78 Å². The molecule has 2 aliphatic rings. The quantitative estimate of drug-likeness (QED) is 0.671. The number of para-hydroxylation sites is 1. The van der Waals surface area contributed by atoms with Gasteiger partial charge in [-0.25, -0.2) is 0 Å². The summed E-state index contributed by atoms with van der Waals surface area (Å²) in [5, 5.41) is 4.43. The van der Waals surface area contributed by atoms with Gasteiger partial charge in [0.1, 0.15) is 11.5 Å². The lowest BCUT2D eigenvalue weighted by atomic mass is 10.0. The smallest absolute Gasteiger partial charge is 0.232 e. The minimum atomic E-state index is -0.106. The highest BCUT2D eigenvalue weighted by Gasteiger charge is 2.31. The van der Waals surface area contributed by atoms with Gasteiger partial charge in [-0.3, -0.25) is 9.69 Å². The first-order valence-electron chi connectivity index (χ1n) is 9.87. The van der Waals surface area contributed by atoms with Gasteiger partial charge in [0.05, 0.1) is 12.7 Å². The maximum atomic E-state index is 13.1. The third-order valence-electron chi connectivity index (χ3n) is 5.57. The zero-order valence-electron chi connectivity index (χ0n) is 16.3. The molecule has 0 aliphatic carbocycles. The molecule has 0 radical (unpaired) electrons. The lowest BCUT2D eigenvalue weighted by molar-refractivity contribution is 0.101. The summed E-state index contributed by atoms with van der Waals surface area (Å²) in [6, 6.07) is 11.8. The molecule has 2 aliphatic heterocycles. The van der Waals surface area contributed by atoms with Crippen LogP contribution in [0.1, 0.15) is 21.5 Å². The number of nitrogens with one attached hydrogen (secondary N) is 2. The van der Waals surface area contributed by atoms with Gasteiger partial charge >= 0.3 is 0 Å². The van der Waals surface area contributed by atoms with Crippen molar-refractivity contribution in [2.45, 2.75) is 6.54 Å². The molecule has 2 N–H and O–H groups in total. The third kappa shape index (κ3) is 3.30. The molecule has 0 saturated carbocycles. The second-order valence-corrected chi connectivity index (χ2v) is 7.42. The molecule has 0 spiro atoms. The normalized spacial score (nSPS) is 18.2. The fourth-order valence-corrected chi connectivity index (χ4v) is 4.03. The van der Waals surface area contributed by atoms with Gasteiger partial charge in [-0.2, -0.15) is 0 Å². The number of ketones is 1. The molecule has 1 saturated heterocycles. The van der Waals surface area contributed by atoms with Gasteiger partial charge in [0.25, 0.3) is 0 Å². The van der Waals surface area contributed by atoms with E-state index < -0.39 is 0 Å². The SMILES string of the molecule is COc1cc(CN2CCNCC2)c2c(c1)C(=O)/C(=C/c1c[nH]c3ccccc13)O2. The van der Waals surface area contributed by atoms with Crippen molar-refractivity contribution < 1.29 is 14.3 Å². The number of allylic oxidation sites excluding steroid dienone is 1. The van der Waals surface area contributed by atoms with E-state index in [-0.39, 0.29) is 5.78 Å². The van der Waals surface area contributed by atoms with E-state index in [1.807, 2.05) is 42.6 Å². The van der Waals surface area contributed by atoms with Gasteiger partial charge in [-0.05, 0) is 24.3 Å². The number of aromatic nitrogens is 1. The van der Waals surface area contributed by atoms with Crippen molar-refractivity contribution in [1.82, 2.24) is 15.2 Å². The summed E-state index contributed by atoms with van der Waals surface area (Å²) in [6.45, 7) is 4.61. The van der Waals surface area contributed by atoms with Crippen molar-refractivity contribution in [3.63, 3.8) is 0 Å². The van der Waals surface area contributed by atoms with Gasteiger partial charge in [-0.15, -0.1) is 0 Å². The van der Waals surface area contributed by atoms with E-state index in [4.69, 9.17) is 9.47 Å². The van der Waals surface area contributed by atoms with E-state index in [1.165, 1.54) is 0 Å². The van der Waals surface area contributed by atoms with Gasteiger partial charge in [-0.1, -0.05) is 18.2 Å². The maximum Gasteiger partial charge on any atom is 0.232 e. The number of fused-ring (bicyclic) bond motifs is 2. The Labute approximate surface area is 169 Å². The molecule has 5 rings (SSSR count). The number of carbonyl (C=O) groups is 1. The highest BCUT2D eigenvalue weighted by Crippen LogP contribution is 2.39. The van der Waals surface area contributed by atoms with Crippen LogP contribution in [0.2, 0.25) is 0 Å².